The van der Waals surface area contributed by atoms with Crippen molar-refractivity contribution in [2.45, 2.75) is 19.5 Å². The van der Waals surface area contributed by atoms with E-state index in [9.17, 15) is 9.59 Å². The third-order valence-electron chi connectivity index (χ3n) is 5.89. The Hall–Kier alpha value is -3.17. The van der Waals surface area contributed by atoms with Crippen LogP contribution in [0.5, 0.6) is 5.75 Å². The Morgan fingerprint density at radius 2 is 2.03 bits per heavy atom. The number of rotatable bonds is 3. The molecule has 1 aliphatic rings. The quantitative estimate of drug-likeness (QED) is 0.531. The number of nitrogens with one attached hydrogen (secondary N) is 1. The van der Waals surface area contributed by atoms with Crippen LogP contribution >= 0.6 is 11.3 Å². The summed E-state index contributed by atoms with van der Waals surface area (Å²) in [4.78, 5) is 30.9. The van der Waals surface area contributed by atoms with E-state index in [0.29, 0.717) is 23.2 Å². The maximum Gasteiger partial charge on any atom is 0.331 e. The van der Waals surface area contributed by atoms with Crippen LogP contribution in [-0.2, 0) is 20.6 Å². The molecule has 5 rings (SSSR count). The second kappa shape index (κ2) is 7.21. The van der Waals surface area contributed by atoms with Crippen molar-refractivity contribution in [1.82, 2.24) is 24.0 Å². The molecule has 4 aromatic rings. The first-order valence-electron chi connectivity index (χ1n) is 10.0. The van der Waals surface area contributed by atoms with Crippen LogP contribution in [0, 0.1) is 6.92 Å². The number of thiazole rings is 1. The molecule has 0 saturated heterocycles. The van der Waals surface area contributed by atoms with E-state index >= 15 is 0 Å². The van der Waals surface area contributed by atoms with Gasteiger partial charge >= 0.3 is 5.69 Å². The summed E-state index contributed by atoms with van der Waals surface area (Å²) in [5, 5.41) is 7.02. The maximum absolute atomic E-state index is 13.4. The molecule has 0 amide bonds. The van der Waals surface area contributed by atoms with Crippen molar-refractivity contribution in [3.05, 3.63) is 66.9 Å². The van der Waals surface area contributed by atoms with Gasteiger partial charge in [-0.3, -0.25) is 13.9 Å². The van der Waals surface area contributed by atoms with Crippen molar-refractivity contribution in [3.8, 4) is 17.0 Å². The van der Waals surface area contributed by atoms with Gasteiger partial charge in [0.1, 0.15) is 16.8 Å². The number of nitrogens with zero attached hydrogens (tertiary/aromatic N) is 4. The van der Waals surface area contributed by atoms with Gasteiger partial charge in [0.05, 0.1) is 29.4 Å². The van der Waals surface area contributed by atoms with Crippen molar-refractivity contribution in [2.24, 2.45) is 14.1 Å². The lowest BCUT2D eigenvalue weighted by molar-refractivity contribution is 0.415. The lowest BCUT2D eigenvalue weighted by Gasteiger charge is -2.27. The summed E-state index contributed by atoms with van der Waals surface area (Å²) in [6.45, 7) is 3.37. The van der Waals surface area contributed by atoms with Crippen LogP contribution < -0.4 is 21.3 Å². The normalized spacial score (nSPS) is 15.9. The number of hydrogen-bond donors (Lipinski definition) is 1. The van der Waals surface area contributed by atoms with Gasteiger partial charge < -0.3 is 14.6 Å². The average Bonchev–Trinajstić information content (AvgIpc) is 3.37. The Bertz CT molecular complexity index is 1440. The van der Waals surface area contributed by atoms with Gasteiger partial charge in [0.15, 0.2) is 0 Å². The lowest BCUT2D eigenvalue weighted by Crippen LogP contribution is -2.38. The highest BCUT2D eigenvalue weighted by Crippen LogP contribution is 2.39. The largest absolute Gasteiger partial charge is 0.497 e. The molecular weight excluding hydrogens is 414 g/mol. The van der Waals surface area contributed by atoms with Gasteiger partial charge in [-0.25, -0.2) is 9.78 Å². The molecule has 0 aliphatic carbocycles. The van der Waals surface area contributed by atoms with Gasteiger partial charge in [-0.1, -0.05) is 12.1 Å². The Labute approximate surface area is 182 Å². The predicted octanol–water partition coefficient (Wildman–Crippen LogP) is 2.17. The lowest BCUT2D eigenvalue weighted by atomic mass is 10.1. The molecule has 1 aromatic carbocycles. The van der Waals surface area contributed by atoms with E-state index in [1.165, 1.54) is 11.6 Å². The Kier molecular flexibility index (Phi) is 4.60. The van der Waals surface area contributed by atoms with E-state index in [1.807, 2.05) is 36.6 Å². The minimum absolute atomic E-state index is 0.202. The second-order valence-corrected chi connectivity index (χ2v) is 8.65. The first-order valence-corrected chi connectivity index (χ1v) is 10.9. The highest BCUT2D eigenvalue weighted by atomic mass is 32.1. The Balaban J connectivity index is 1.95. The van der Waals surface area contributed by atoms with Crippen LogP contribution in [0.3, 0.4) is 0 Å². The van der Waals surface area contributed by atoms with Crippen LogP contribution in [0.15, 0.2) is 39.2 Å². The highest BCUT2D eigenvalue weighted by molar-refractivity contribution is 7.09. The Morgan fingerprint density at radius 3 is 2.74 bits per heavy atom. The number of methoxy groups -OCH3 is 1. The Morgan fingerprint density at radius 1 is 1.23 bits per heavy atom. The molecule has 0 fully saturated rings. The van der Waals surface area contributed by atoms with Crippen molar-refractivity contribution in [3.63, 3.8) is 0 Å². The molecule has 3 aromatic heterocycles. The molecule has 9 heteroatoms. The molecule has 0 radical (unpaired) electrons. The number of aryl methyl sites for hydroxylation is 2. The molecule has 1 unspecified atom stereocenters. The van der Waals surface area contributed by atoms with Crippen molar-refractivity contribution in [1.29, 1.82) is 0 Å². The van der Waals surface area contributed by atoms with Crippen LogP contribution in [0.2, 0.25) is 0 Å². The smallest absolute Gasteiger partial charge is 0.331 e. The minimum Gasteiger partial charge on any atom is -0.497 e. The fraction of sp³-hybridized carbons (Fsp3) is 0.318. The zero-order valence-corrected chi connectivity index (χ0v) is 18.6. The monoisotopic (exact) mass is 437 g/mol. The van der Waals surface area contributed by atoms with Crippen molar-refractivity contribution >= 4 is 22.2 Å². The number of aromatic nitrogens is 4. The number of fused-ring (bicyclic) bond motifs is 3. The summed E-state index contributed by atoms with van der Waals surface area (Å²) < 4.78 is 10.3. The van der Waals surface area contributed by atoms with E-state index in [2.05, 4.69) is 9.88 Å². The second-order valence-electron chi connectivity index (χ2n) is 7.76. The summed E-state index contributed by atoms with van der Waals surface area (Å²) in [5.41, 5.74) is 3.53. The van der Waals surface area contributed by atoms with Crippen molar-refractivity contribution in [2.75, 3.05) is 13.7 Å². The summed E-state index contributed by atoms with van der Waals surface area (Å²) in [5.74, 6) is 0.712. The average molecular weight is 438 g/mol. The first kappa shape index (κ1) is 19.8. The molecule has 0 bridgehead atoms. The fourth-order valence-electron chi connectivity index (χ4n) is 4.46. The van der Waals surface area contributed by atoms with Crippen LogP contribution in [0.4, 0.5) is 0 Å². The molecule has 31 heavy (non-hydrogen) atoms. The third kappa shape index (κ3) is 2.88. The van der Waals surface area contributed by atoms with E-state index in [0.717, 1.165) is 34.2 Å². The van der Waals surface area contributed by atoms with Gasteiger partial charge in [-0.05, 0) is 19.1 Å². The summed E-state index contributed by atoms with van der Waals surface area (Å²) in [7, 11) is 4.87. The molecule has 1 N–H and O–H groups in total. The van der Waals surface area contributed by atoms with Gasteiger partial charge in [0, 0.05) is 43.8 Å². The summed E-state index contributed by atoms with van der Waals surface area (Å²) in [6, 6.07) is 7.49. The minimum atomic E-state index is -0.345. The molecule has 160 valence electrons. The van der Waals surface area contributed by atoms with Gasteiger partial charge in [-0.2, -0.15) is 0 Å². The molecule has 0 saturated carbocycles. The number of ether oxygens (including phenoxy) is 1. The molecule has 1 atom stereocenters. The number of benzene rings is 1. The number of hydrogen-bond acceptors (Lipinski definition) is 6. The van der Waals surface area contributed by atoms with Crippen molar-refractivity contribution < 1.29 is 4.74 Å². The van der Waals surface area contributed by atoms with Crippen LogP contribution in [-0.4, -0.2) is 32.3 Å². The zero-order valence-electron chi connectivity index (χ0n) is 17.8. The molecule has 0 spiro atoms. The predicted molar refractivity (Wildman–Crippen MR) is 121 cm³/mol. The topological polar surface area (TPSA) is 83.1 Å². The molecular formula is C22H23N5O3S. The molecule has 8 nitrogen and oxygen atoms in total. The summed E-state index contributed by atoms with van der Waals surface area (Å²) in [6.07, 6.45) is 0. The van der Waals surface area contributed by atoms with Crippen LogP contribution in [0.1, 0.15) is 22.4 Å². The maximum atomic E-state index is 13.4. The fourth-order valence-corrected chi connectivity index (χ4v) is 5.33. The molecule has 4 heterocycles. The standard InChI is InChI=1S/C22H23N5O3S/c1-12-11-31-20(24-12)16-19-18-15(21(28)26(3)22(29)25(18)2)17(27(19)9-8-23-16)13-6-5-7-14(10-13)30-4/h5-7,10-11,16,23H,8-9H2,1-4H3. The third-order valence-corrected chi connectivity index (χ3v) is 6.92. The SMILES string of the molecule is COc1cccc(-c2c3c(=O)n(C)c(=O)n(C)c3c3n2CCNC3c2nc(C)cs2)c1. The van der Waals surface area contributed by atoms with E-state index in [4.69, 9.17) is 9.72 Å². The molecule has 1 aliphatic heterocycles. The van der Waals surface area contributed by atoms with Gasteiger partial charge in [-0.15, -0.1) is 11.3 Å². The van der Waals surface area contributed by atoms with Crippen LogP contribution in [0.25, 0.3) is 22.2 Å². The van der Waals surface area contributed by atoms with E-state index in [1.54, 1.807) is 30.1 Å². The van der Waals surface area contributed by atoms with E-state index in [-0.39, 0.29) is 17.3 Å². The highest BCUT2D eigenvalue weighted by Gasteiger charge is 2.33. The van der Waals surface area contributed by atoms with Gasteiger partial charge in [0.25, 0.3) is 5.56 Å². The first-order chi connectivity index (χ1) is 14.9. The zero-order chi connectivity index (χ0) is 21.9. The van der Waals surface area contributed by atoms with E-state index < -0.39 is 0 Å². The van der Waals surface area contributed by atoms with Gasteiger partial charge in [0.2, 0.25) is 0 Å². The summed E-state index contributed by atoms with van der Waals surface area (Å²) >= 11 is 1.58.